The molecule has 1 aliphatic rings. The van der Waals surface area contributed by atoms with Crippen LogP contribution in [-0.4, -0.2) is 40.3 Å². The molecule has 2 aromatic rings. The largest absolute Gasteiger partial charge is 0.473 e. The Hall–Kier alpha value is -2.22. The second-order valence-electron chi connectivity index (χ2n) is 6.37. The number of ether oxygens (including phenoxy) is 1. The summed E-state index contributed by atoms with van der Waals surface area (Å²) in [6, 6.07) is 6.57. The van der Waals surface area contributed by atoms with Crippen molar-refractivity contribution in [1.82, 2.24) is 0 Å². The first-order valence-electron chi connectivity index (χ1n) is 8.66. The Kier molecular flexibility index (Phi) is 5.88. The van der Waals surface area contributed by atoms with E-state index < -0.39 is 31.6 Å². The number of hydrogen-bond donors (Lipinski definition) is 3. The first kappa shape index (κ1) is 20.5. The predicted molar refractivity (Wildman–Crippen MR) is 103 cm³/mol. The van der Waals surface area contributed by atoms with Gasteiger partial charge in [-0.1, -0.05) is 24.3 Å². The molecular formula is C19H21O8P. The molecule has 0 spiro atoms. The Morgan fingerprint density at radius 2 is 2.07 bits per heavy atom. The number of allylic oxidation sites excluding steroid dienone is 2. The van der Waals surface area contributed by atoms with E-state index in [1.54, 1.807) is 37.3 Å². The number of aliphatic hydroxyl groups excluding tert-OH is 1. The van der Waals surface area contributed by atoms with E-state index in [4.69, 9.17) is 13.7 Å². The van der Waals surface area contributed by atoms with Gasteiger partial charge in [-0.2, -0.15) is 0 Å². The molecule has 3 rings (SSSR count). The van der Waals surface area contributed by atoms with Crippen molar-refractivity contribution in [2.24, 2.45) is 0 Å². The summed E-state index contributed by atoms with van der Waals surface area (Å²) in [7, 11) is -4.04. The average Bonchev–Trinajstić information content (AvgIpc) is 2.68. The van der Waals surface area contributed by atoms with Crippen molar-refractivity contribution in [3.05, 3.63) is 58.5 Å². The fraction of sp³-hybridized carbons (Fsp3) is 0.316. The number of hydrogen-bond acceptors (Lipinski definition) is 7. The Labute approximate surface area is 160 Å². The Morgan fingerprint density at radius 1 is 1.32 bits per heavy atom. The molecule has 28 heavy (non-hydrogen) atoms. The molecular weight excluding hydrogens is 387 g/mol. The predicted octanol–water partition coefficient (Wildman–Crippen LogP) is 2.42. The summed E-state index contributed by atoms with van der Waals surface area (Å²) >= 11 is 0. The number of aliphatic hydroxyl groups is 2. The van der Waals surface area contributed by atoms with Crippen LogP contribution in [0, 0.1) is 0 Å². The highest BCUT2D eigenvalue weighted by atomic mass is 31.2. The van der Waals surface area contributed by atoms with Gasteiger partial charge >= 0.3 is 7.60 Å². The summed E-state index contributed by atoms with van der Waals surface area (Å²) in [5, 5.41) is 19.6. The molecule has 0 bridgehead atoms. The Morgan fingerprint density at radius 3 is 2.71 bits per heavy atom. The fourth-order valence-corrected chi connectivity index (χ4v) is 3.55. The van der Waals surface area contributed by atoms with E-state index in [1.165, 1.54) is 12.2 Å². The molecule has 0 amide bonds. The molecule has 150 valence electrons. The van der Waals surface area contributed by atoms with Gasteiger partial charge in [-0.15, -0.1) is 0 Å². The third kappa shape index (κ3) is 4.27. The molecule has 1 aliphatic carbocycles. The van der Waals surface area contributed by atoms with E-state index in [9.17, 15) is 24.5 Å². The molecule has 2 unspecified atom stereocenters. The maximum Gasteiger partial charge on any atom is 0.365 e. The van der Waals surface area contributed by atoms with Gasteiger partial charge < -0.3 is 28.8 Å². The maximum absolute atomic E-state index is 12.9. The normalized spacial score (nSPS) is 21.4. The highest BCUT2D eigenvalue weighted by molar-refractivity contribution is 7.52. The van der Waals surface area contributed by atoms with Crippen LogP contribution in [0.3, 0.4) is 0 Å². The Bertz CT molecular complexity index is 1040. The molecule has 0 saturated heterocycles. The first-order valence-corrected chi connectivity index (χ1v) is 10.4. The van der Waals surface area contributed by atoms with E-state index in [0.29, 0.717) is 11.2 Å². The van der Waals surface area contributed by atoms with Crippen molar-refractivity contribution in [2.45, 2.75) is 18.9 Å². The average molecular weight is 408 g/mol. The minimum atomic E-state index is -4.04. The molecule has 1 aromatic carbocycles. The van der Waals surface area contributed by atoms with Crippen LogP contribution in [0.25, 0.3) is 16.5 Å². The molecule has 0 fully saturated rings. The van der Waals surface area contributed by atoms with Gasteiger partial charge in [0.2, 0.25) is 11.2 Å². The van der Waals surface area contributed by atoms with Gasteiger partial charge in [0.15, 0.2) is 12.1 Å². The molecule has 0 radical (unpaired) electrons. The highest BCUT2D eigenvalue weighted by Gasteiger charge is 2.28. The lowest BCUT2D eigenvalue weighted by Gasteiger charge is -2.24. The quantitative estimate of drug-likeness (QED) is 0.597. The summed E-state index contributed by atoms with van der Waals surface area (Å²) in [4.78, 5) is 22.7. The fourth-order valence-electron chi connectivity index (χ4n) is 2.78. The number of rotatable bonds is 7. The summed E-state index contributed by atoms with van der Waals surface area (Å²) in [5.41, 5.74) is -1.12. The van der Waals surface area contributed by atoms with Gasteiger partial charge in [-0.3, -0.25) is 9.36 Å². The van der Waals surface area contributed by atoms with E-state index >= 15 is 0 Å². The third-order valence-corrected chi connectivity index (χ3v) is 5.36. The zero-order valence-corrected chi connectivity index (χ0v) is 16.1. The minimum Gasteiger partial charge on any atom is -0.473 e. The van der Waals surface area contributed by atoms with Gasteiger partial charge in [0, 0.05) is 12.0 Å². The lowest BCUT2D eigenvalue weighted by Crippen LogP contribution is -2.31. The molecule has 8 nitrogen and oxygen atoms in total. The van der Waals surface area contributed by atoms with Crippen molar-refractivity contribution in [3.8, 4) is 5.75 Å². The molecule has 0 aliphatic heterocycles. The van der Waals surface area contributed by atoms with E-state index in [2.05, 4.69) is 0 Å². The smallest absolute Gasteiger partial charge is 0.365 e. The van der Waals surface area contributed by atoms with Gasteiger partial charge in [-0.05, 0) is 25.1 Å². The second-order valence-corrected chi connectivity index (χ2v) is 8.16. The first-order chi connectivity index (χ1) is 13.3. The molecule has 1 aromatic heterocycles. The summed E-state index contributed by atoms with van der Waals surface area (Å²) in [5.74, 6) is -0.158. The zero-order chi connectivity index (χ0) is 20.4. The van der Waals surface area contributed by atoms with E-state index in [0.717, 1.165) is 0 Å². The highest BCUT2D eigenvalue weighted by Crippen LogP contribution is 2.42. The van der Waals surface area contributed by atoms with Crippen LogP contribution >= 0.6 is 7.60 Å². The summed E-state index contributed by atoms with van der Waals surface area (Å²) < 4.78 is 28.0. The second kappa shape index (κ2) is 8.03. The molecule has 3 N–H and O–H groups in total. The minimum absolute atomic E-state index is 0.0178. The van der Waals surface area contributed by atoms with Gasteiger partial charge in [-0.25, -0.2) is 0 Å². The lowest BCUT2D eigenvalue weighted by atomic mass is 9.92. The molecule has 2 atom stereocenters. The van der Waals surface area contributed by atoms with Crippen LogP contribution in [0.4, 0.5) is 0 Å². The van der Waals surface area contributed by atoms with Crippen LogP contribution in [0.15, 0.2) is 51.7 Å². The number of benzene rings is 1. The van der Waals surface area contributed by atoms with Crippen LogP contribution in [0.1, 0.15) is 19.1 Å². The Balaban J connectivity index is 2.07. The van der Waals surface area contributed by atoms with Crippen LogP contribution in [0.2, 0.25) is 0 Å². The van der Waals surface area contributed by atoms with Crippen LogP contribution < -0.4 is 10.2 Å². The van der Waals surface area contributed by atoms with Crippen LogP contribution in [0.5, 0.6) is 5.75 Å². The third-order valence-electron chi connectivity index (χ3n) is 4.24. The SMILES string of the molecule is CCOP(=O)(O)COc1c(C2=CCC(O)(CO)C=C2)oc2ccccc2c1=O. The summed E-state index contributed by atoms with van der Waals surface area (Å²) in [6.45, 7) is 1.13. The van der Waals surface area contributed by atoms with Crippen molar-refractivity contribution < 1.29 is 33.3 Å². The maximum atomic E-state index is 12.9. The molecule has 1 heterocycles. The summed E-state index contributed by atoms with van der Waals surface area (Å²) in [6.07, 6.45) is 3.88. The topological polar surface area (TPSA) is 126 Å². The van der Waals surface area contributed by atoms with Crippen molar-refractivity contribution in [1.29, 1.82) is 0 Å². The van der Waals surface area contributed by atoms with Crippen LogP contribution in [-0.2, 0) is 9.09 Å². The van der Waals surface area contributed by atoms with Crippen molar-refractivity contribution in [2.75, 3.05) is 19.6 Å². The standard InChI is InChI=1S/C19H21O8P/c1-2-26-28(23,24)12-25-18-16(21)14-5-3-4-6-15(14)27-17(18)13-7-9-19(22,11-20)10-8-13/h3-9,20,22H,2,10-12H2,1H3,(H,23,24). The van der Waals surface area contributed by atoms with Crippen molar-refractivity contribution in [3.63, 3.8) is 0 Å². The van der Waals surface area contributed by atoms with E-state index in [1.807, 2.05) is 0 Å². The van der Waals surface area contributed by atoms with Crippen molar-refractivity contribution >= 4 is 24.1 Å². The van der Waals surface area contributed by atoms with Gasteiger partial charge in [0.05, 0.1) is 18.6 Å². The van der Waals surface area contributed by atoms with Gasteiger partial charge in [0.1, 0.15) is 11.2 Å². The zero-order valence-electron chi connectivity index (χ0n) is 15.2. The van der Waals surface area contributed by atoms with Gasteiger partial charge in [0.25, 0.3) is 0 Å². The molecule has 9 heteroatoms. The van der Waals surface area contributed by atoms with E-state index in [-0.39, 0.29) is 29.9 Å². The number of para-hydroxylation sites is 1. The monoisotopic (exact) mass is 408 g/mol. The number of fused-ring (bicyclic) bond motifs is 1. The lowest BCUT2D eigenvalue weighted by molar-refractivity contribution is 0.0293. The molecule has 0 saturated carbocycles.